The molecule has 0 unspecified atom stereocenters. The van der Waals surface area contributed by atoms with E-state index in [9.17, 15) is 14.4 Å². The molecule has 3 aromatic rings. The van der Waals surface area contributed by atoms with Crippen molar-refractivity contribution in [2.45, 2.75) is 20.0 Å². The van der Waals surface area contributed by atoms with Gasteiger partial charge in [-0.15, -0.1) is 0 Å². The van der Waals surface area contributed by atoms with Gasteiger partial charge in [0.2, 0.25) is 11.2 Å². The predicted octanol–water partition coefficient (Wildman–Crippen LogP) is 3.62. The first-order valence-corrected chi connectivity index (χ1v) is 9.02. The molecule has 30 heavy (non-hydrogen) atoms. The first kappa shape index (κ1) is 20.9. The van der Waals surface area contributed by atoms with Crippen molar-refractivity contribution in [1.29, 1.82) is 0 Å². The number of rotatable bonds is 6. The molecule has 0 N–H and O–H groups in total. The van der Waals surface area contributed by atoms with Gasteiger partial charge < -0.3 is 23.4 Å². The normalized spacial score (nSPS) is 11.6. The molecular formula is C22H20O8. The smallest absolute Gasteiger partial charge is 0.346 e. The maximum Gasteiger partial charge on any atom is 0.346 e. The molecule has 1 aromatic heterocycles. The van der Waals surface area contributed by atoms with Gasteiger partial charge in [-0.1, -0.05) is 0 Å². The minimum atomic E-state index is -0.809. The molecule has 0 radical (unpaired) electrons. The molecular weight excluding hydrogens is 392 g/mol. The summed E-state index contributed by atoms with van der Waals surface area (Å²) in [5.74, 6) is 0.0316. The number of carbonyl (C=O) groups excluding carboxylic acids is 2. The summed E-state index contributed by atoms with van der Waals surface area (Å²) in [4.78, 5) is 35.9. The van der Waals surface area contributed by atoms with Crippen LogP contribution in [0.2, 0.25) is 0 Å². The van der Waals surface area contributed by atoms with E-state index in [1.165, 1.54) is 38.5 Å². The standard InChI is InChI=1S/C22H20O8/c1-12-20(30-15-7-5-14(6-8-15)22(25)27-4)19(23)17-10-9-16(11-18(17)29-12)28-13(2)21(24)26-3/h5-11,13H,1-4H3/t13-/m1/s1. The summed E-state index contributed by atoms with van der Waals surface area (Å²) in [5.41, 5.74) is 0.291. The number of benzene rings is 2. The highest BCUT2D eigenvalue weighted by molar-refractivity contribution is 5.89. The first-order valence-electron chi connectivity index (χ1n) is 9.02. The van der Waals surface area contributed by atoms with Crippen LogP contribution in [-0.4, -0.2) is 32.3 Å². The molecule has 0 bridgehead atoms. The highest BCUT2D eigenvalue weighted by Gasteiger charge is 2.18. The molecule has 0 aliphatic heterocycles. The summed E-state index contributed by atoms with van der Waals surface area (Å²) in [7, 11) is 2.57. The second-order valence-electron chi connectivity index (χ2n) is 6.38. The summed E-state index contributed by atoms with van der Waals surface area (Å²) < 4.78 is 26.2. The van der Waals surface area contributed by atoms with E-state index in [2.05, 4.69) is 9.47 Å². The van der Waals surface area contributed by atoms with Crippen LogP contribution < -0.4 is 14.9 Å². The molecule has 0 fully saturated rings. The van der Waals surface area contributed by atoms with Crippen molar-refractivity contribution in [2.75, 3.05) is 14.2 Å². The van der Waals surface area contributed by atoms with Gasteiger partial charge in [-0.3, -0.25) is 4.79 Å². The van der Waals surface area contributed by atoms with Crippen LogP contribution in [-0.2, 0) is 14.3 Å². The van der Waals surface area contributed by atoms with Gasteiger partial charge in [-0.2, -0.15) is 0 Å². The first-order chi connectivity index (χ1) is 14.3. The van der Waals surface area contributed by atoms with E-state index < -0.39 is 18.0 Å². The van der Waals surface area contributed by atoms with Crippen molar-refractivity contribution >= 4 is 22.9 Å². The fraction of sp³-hybridized carbons (Fsp3) is 0.227. The van der Waals surface area contributed by atoms with Gasteiger partial charge in [0.1, 0.15) is 22.8 Å². The van der Waals surface area contributed by atoms with Crippen LogP contribution in [0, 0.1) is 6.92 Å². The zero-order valence-corrected chi connectivity index (χ0v) is 16.9. The van der Waals surface area contributed by atoms with Gasteiger partial charge >= 0.3 is 11.9 Å². The minimum Gasteiger partial charge on any atom is -0.479 e. The average molecular weight is 412 g/mol. The van der Waals surface area contributed by atoms with Crippen molar-refractivity contribution in [3.05, 3.63) is 64.0 Å². The minimum absolute atomic E-state index is 0.0323. The number of aryl methyl sites for hydroxylation is 1. The second kappa shape index (κ2) is 8.69. The Morgan fingerprint density at radius 2 is 1.63 bits per heavy atom. The van der Waals surface area contributed by atoms with Gasteiger partial charge in [-0.05, 0) is 50.2 Å². The van der Waals surface area contributed by atoms with Crippen LogP contribution in [0.25, 0.3) is 11.0 Å². The lowest BCUT2D eigenvalue weighted by Gasteiger charge is -2.13. The average Bonchev–Trinajstić information content (AvgIpc) is 2.75. The lowest BCUT2D eigenvalue weighted by molar-refractivity contribution is -0.147. The van der Waals surface area contributed by atoms with Crippen LogP contribution >= 0.6 is 0 Å². The topological polar surface area (TPSA) is 101 Å². The Hall–Kier alpha value is -3.81. The van der Waals surface area contributed by atoms with Gasteiger partial charge in [0.25, 0.3) is 0 Å². The van der Waals surface area contributed by atoms with Crippen molar-refractivity contribution in [3.63, 3.8) is 0 Å². The summed E-state index contributed by atoms with van der Waals surface area (Å²) in [5, 5.41) is 0.292. The molecule has 3 rings (SSSR count). The highest BCUT2D eigenvalue weighted by atomic mass is 16.6. The zero-order chi connectivity index (χ0) is 21.8. The third-order valence-corrected chi connectivity index (χ3v) is 4.33. The molecule has 2 aromatic carbocycles. The van der Waals surface area contributed by atoms with Crippen molar-refractivity contribution in [1.82, 2.24) is 0 Å². The Bertz CT molecular complexity index is 1140. The summed E-state index contributed by atoms with van der Waals surface area (Å²) in [6.07, 6.45) is -0.809. The fourth-order valence-corrected chi connectivity index (χ4v) is 2.77. The van der Waals surface area contributed by atoms with Crippen LogP contribution in [0.3, 0.4) is 0 Å². The Morgan fingerprint density at radius 1 is 0.967 bits per heavy atom. The number of hydrogen-bond donors (Lipinski definition) is 0. The Labute approximate surface area is 171 Å². The molecule has 8 heteroatoms. The maximum absolute atomic E-state index is 12.9. The fourth-order valence-electron chi connectivity index (χ4n) is 2.77. The number of esters is 2. The molecule has 0 amide bonds. The van der Waals surface area contributed by atoms with Gasteiger partial charge in [0.05, 0.1) is 25.2 Å². The highest BCUT2D eigenvalue weighted by Crippen LogP contribution is 2.28. The van der Waals surface area contributed by atoms with Gasteiger partial charge in [-0.25, -0.2) is 9.59 Å². The van der Waals surface area contributed by atoms with Crippen LogP contribution in [0.5, 0.6) is 17.2 Å². The molecule has 8 nitrogen and oxygen atoms in total. The van der Waals surface area contributed by atoms with E-state index in [0.29, 0.717) is 28.0 Å². The van der Waals surface area contributed by atoms with E-state index in [1.54, 1.807) is 32.0 Å². The Kier molecular flexibility index (Phi) is 6.06. The monoisotopic (exact) mass is 412 g/mol. The van der Waals surface area contributed by atoms with Crippen LogP contribution in [0.4, 0.5) is 0 Å². The van der Waals surface area contributed by atoms with Crippen molar-refractivity contribution < 1.29 is 33.0 Å². The van der Waals surface area contributed by atoms with E-state index >= 15 is 0 Å². The van der Waals surface area contributed by atoms with Gasteiger partial charge in [0, 0.05) is 6.07 Å². The summed E-state index contributed by atoms with van der Waals surface area (Å²) in [6, 6.07) is 10.8. The molecule has 0 spiro atoms. The quantitative estimate of drug-likeness (QED) is 0.566. The lowest BCUT2D eigenvalue weighted by atomic mass is 10.2. The Morgan fingerprint density at radius 3 is 2.27 bits per heavy atom. The van der Waals surface area contributed by atoms with Crippen LogP contribution in [0.1, 0.15) is 23.0 Å². The molecule has 1 atom stereocenters. The van der Waals surface area contributed by atoms with Crippen LogP contribution in [0.15, 0.2) is 51.7 Å². The second-order valence-corrected chi connectivity index (χ2v) is 6.38. The number of hydrogen-bond acceptors (Lipinski definition) is 8. The zero-order valence-electron chi connectivity index (χ0n) is 16.9. The summed E-state index contributed by atoms with van der Waals surface area (Å²) >= 11 is 0. The SMILES string of the molecule is COC(=O)c1ccc(Oc2c(C)oc3cc(O[C@H](C)C(=O)OC)ccc3c2=O)cc1. The molecule has 0 aliphatic rings. The Balaban J connectivity index is 1.90. The van der Waals surface area contributed by atoms with Gasteiger partial charge in [0.15, 0.2) is 6.10 Å². The number of ether oxygens (including phenoxy) is 4. The number of methoxy groups -OCH3 is 2. The van der Waals surface area contributed by atoms with E-state index in [1.807, 2.05) is 0 Å². The van der Waals surface area contributed by atoms with Crippen molar-refractivity contribution in [3.8, 4) is 17.2 Å². The molecule has 0 saturated carbocycles. The molecule has 156 valence electrons. The van der Waals surface area contributed by atoms with E-state index in [-0.39, 0.29) is 16.9 Å². The van der Waals surface area contributed by atoms with E-state index in [4.69, 9.17) is 13.9 Å². The molecule has 1 heterocycles. The van der Waals surface area contributed by atoms with Crippen molar-refractivity contribution in [2.24, 2.45) is 0 Å². The van der Waals surface area contributed by atoms with E-state index in [0.717, 1.165) is 0 Å². The number of fused-ring (bicyclic) bond motifs is 1. The lowest BCUT2D eigenvalue weighted by Crippen LogP contribution is -2.24. The molecule has 0 saturated heterocycles. The third-order valence-electron chi connectivity index (χ3n) is 4.33. The maximum atomic E-state index is 12.9. The predicted molar refractivity (Wildman–Crippen MR) is 107 cm³/mol. The molecule has 0 aliphatic carbocycles. The largest absolute Gasteiger partial charge is 0.479 e. The number of carbonyl (C=O) groups is 2. The third kappa shape index (κ3) is 4.27. The summed E-state index contributed by atoms with van der Waals surface area (Å²) in [6.45, 7) is 3.16.